The molecule has 0 aromatic heterocycles. The summed E-state index contributed by atoms with van der Waals surface area (Å²) in [5, 5.41) is 0. The normalized spacial score (nSPS) is 23.4. The highest BCUT2D eigenvalue weighted by Gasteiger charge is 2.33. The van der Waals surface area contributed by atoms with Crippen molar-refractivity contribution in [3.63, 3.8) is 0 Å². The van der Waals surface area contributed by atoms with Crippen LogP contribution in [0.25, 0.3) is 0 Å². The van der Waals surface area contributed by atoms with E-state index in [4.69, 9.17) is 0 Å². The molecular weight excluding hydrogens is 240 g/mol. The van der Waals surface area contributed by atoms with E-state index in [9.17, 15) is 9.59 Å². The third-order valence-electron chi connectivity index (χ3n) is 3.64. The first-order valence-electron chi connectivity index (χ1n) is 7.34. The number of esters is 2. The lowest BCUT2D eigenvalue weighted by Gasteiger charge is -2.14. The number of hydrogen-bond acceptors (Lipinski definition) is 3. The van der Waals surface area contributed by atoms with Crippen molar-refractivity contribution in [3.05, 3.63) is 11.6 Å². The molecule has 0 N–H and O–H groups in total. The third-order valence-corrected chi connectivity index (χ3v) is 3.64. The monoisotopic (exact) mass is 266 g/mol. The third kappa shape index (κ3) is 5.58. The molecular formula is C16H26O3. The van der Waals surface area contributed by atoms with Crippen LogP contribution in [-0.4, -0.2) is 11.9 Å². The summed E-state index contributed by atoms with van der Waals surface area (Å²) in [6, 6.07) is 0. The van der Waals surface area contributed by atoms with E-state index in [-0.39, 0.29) is 24.3 Å². The second kappa shape index (κ2) is 7.46. The van der Waals surface area contributed by atoms with Gasteiger partial charge < -0.3 is 4.74 Å². The van der Waals surface area contributed by atoms with E-state index in [0.29, 0.717) is 18.3 Å². The lowest BCUT2D eigenvalue weighted by atomic mass is 9.91. The van der Waals surface area contributed by atoms with E-state index in [1.54, 1.807) is 0 Å². The molecule has 0 aliphatic carbocycles. The molecule has 0 radical (unpaired) electrons. The van der Waals surface area contributed by atoms with Crippen LogP contribution in [0, 0.1) is 17.8 Å². The van der Waals surface area contributed by atoms with Gasteiger partial charge in [-0.25, -0.2) is 0 Å². The topological polar surface area (TPSA) is 43.4 Å². The number of allylic oxidation sites excluding steroid dienone is 2. The number of carbonyl (C=O) groups is 2. The summed E-state index contributed by atoms with van der Waals surface area (Å²) >= 11 is 0. The molecule has 1 saturated heterocycles. The lowest BCUT2D eigenvalue weighted by molar-refractivity contribution is -0.153. The zero-order valence-electron chi connectivity index (χ0n) is 12.6. The van der Waals surface area contributed by atoms with Gasteiger partial charge in [0, 0.05) is 0 Å². The maximum Gasteiger partial charge on any atom is 0.317 e. The van der Waals surface area contributed by atoms with Crippen LogP contribution in [0.2, 0.25) is 0 Å². The van der Waals surface area contributed by atoms with Crippen LogP contribution in [0.3, 0.4) is 0 Å². The van der Waals surface area contributed by atoms with Crippen LogP contribution in [0.4, 0.5) is 0 Å². The van der Waals surface area contributed by atoms with Crippen LogP contribution in [0.5, 0.6) is 0 Å². The van der Waals surface area contributed by atoms with Gasteiger partial charge in [0.1, 0.15) is 0 Å². The Morgan fingerprint density at radius 1 is 1.42 bits per heavy atom. The predicted octanol–water partition coefficient (Wildman–Crippen LogP) is 3.87. The van der Waals surface area contributed by atoms with E-state index in [1.165, 1.54) is 18.4 Å². The Balaban J connectivity index is 2.42. The molecule has 0 bridgehead atoms. The summed E-state index contributed by atoms with van der Waals surface area (Å²) in [6.07, 6.45) is 6.80. The first-order valence-corrected chi connectivity index (χ1v) is 7.34. The van der Waals surface area contributed by atoms with Crippen LogP contribution in [0.1, 0.15) is 59.8 Å². The predicted molar refractivity (Wildman–Crippen MR) is 75.4 cm³/mol. The van der Waals surface area contributed by atoms with E-state index in [0.717, 1.165) is 6.42 Å². The van der Waals surface area contributed by atoms with Crippen LogP contribution in [-0.2, 0) is 14.3 Å². The molecule has 0 amide bonds. The Labute approximate surface area is 116 Å². The van der Waals surface area contributed by atoms with Gasteiger partial charge in [-0.3, -0.25) is 9.59 Å². The van der Waals surface area contributed by atoms with Gasteiger partial charge in [0.2, 0.25) is 0 Å². The highest BCUT2D eigenvalue weighted by Crippen LogP contribution is 2.26. The Bertz CT molecular complexity index is 357. The van der Waals surface area contributed by atoms with E-state index < -0.39 is 0 Å². The van der Waals surface area contributed by atoms with Crippen molar-refractivity contribution in [3.8, 4) is 0 Å². The summed E-state index contributed by atoms with van der Waals surface area (Å²) in [5.41, 5.74) is 1.38. The number of rotatable bonds is 7. The van der Waals surface area contributed by atoms with Crippen LogP contribution in [0.15, 0.2) is 11.6 Å². The smallest absolute Gasteiger partial charge is 0.317 e. The molecule has 19 heavy (non-hydrogen) atoms. The Morgan fingerprint density at radius 3 is 2.63 bits per heavy atom. The molecule has 0 aromatic rings. The van der Waals surface area contributed by atoms with Crippen molar-refractivity contribution in [2.24, 2.45) is 17.8 Å². The van der Waals surface area contributed by atoms with E-state index >= 15 is 0 Å². The molecule has 0 spiro atoms. The standard InChI is InChI=1S/C16H26O3/c1-5-6-11(2)7-12(3)8-13(4)9-14-10-15(17)19-16(14)18/h8,11,13-14H,5-7,9-10H2,1-4H3. The Kier molecular flexibility index (Phi) is 6.26. The molecule has 1 fully saturated rings. The van der Waals surface area contributed by atoms with Gasteiger partial charge in [0.15, 0.2) is 0 Å². The molecule has 3 unspecified atom stereocenters. The molecule has 0 aromatic carbocycles. The quantitative estimate of drug-likeness (QED) is 0.399. The largest absolute Gasteiger partial charge is 0.393 e. The van der Waals surface area contributed by atoms with Crippen molar-refractivity contribution in [1.29, 1.82) is 0 Å². The highest BCUT2D eigenvalue weighted by atomic mass is 16.6. The summed E-state index contributed by atoms with van der Waals surface area (Å²) in [7, 11) is 0. The zero-order chi connectivity index (χ0) is 14.4. The average Bonchev–Trinajstić information content (AvgIpc) is 2.56. The van der Waals surface area contributed by atoms with Crippen molar-refractivity contribution >= 4 is 11.9 Å². The minimum Gasteiger partial charge on any atom is -0.393 e. The molecule has 1 rings (SSSR count). The van der Waals surface area contributed by atoms with Gasteiger partial charge in [-0.05, 0) is 31.6 Å². The molecule has 108 valence electrons. The van der Waals surface area contributed by atoms with E-state index in [1.807, 2.05) is 0 Å². The van der Waals surface area contributed by atoms with Gasteiger partial charge in [0.05, 0.1) is 12.3 Å². The summed E-state index contributed by atoms with van der Waals surface area (Å²) in [4.78, 5) is 22.4. The SMILES string of the molecule is CCCC(C)CC(C)=CC(C)CC1CC(=O)OC1=O. The van der Waals surface area contributed by atoms with Gasteiger partial charge in [0.25, 0.3) is 0 Å². The number of hydrogen-bond donors (Lipinski definition) is 0. The number of cyclic esters (lactones) is 2. The molecule has 3 nitrogen and oxygen atoms in total. The van der Waals surface area contributed by atoms with E-state index in [2.05, 4.69) is 38.5 Å². The van der Waals surface area contributed by atoms with Gasteiger partial charge in [-0.2, -0.15) is 0 Å². The molecule has 1 aliphatic heterocycles. The van der Waals surface area contributed by atoms with Crippen molar-refractivity contribution < 1.29 is 14.3 Å². The molecule has 3 atom stereocenters. The van der Waals surface area contributed by atoms with Crippen molar-refractivity contribution in [2.45, 2.75) is 59.8 Å². The lowest BCUT2D eigenvalue weighted by Crippen LogP contribution is -2.11. The fourth-order valence-corrected chi connectivity index (χ4v) is 2.92. The maximum absolute atomic E-state index is 11.4. The number of carbonyl (C=O) groups excluding carboxylic acids is 2. The first-order chi connectivity index (χ1) is 8.92. The minimum absolute atomic E-state index is 0.236. The van der Waals surface area contributed by atoms with Gasteiger partial charge >= 0.3 is 11.9 Å². The highest BCUT2D eigenvalue weighted by molar-refractivity contribution is 5.94. The van der Waals surface area contributed by atoms with Crippen molar-refractivity contribution in [2.75, 3.05) is 0 Å². The van der Waals surface area contributed by atoms with Gasteiger partial charge in [-0.1, -0.05) is 45.3 Å². The second-order valence-corrected chi connectivity index (χ2v) is 6.02. The van der Waals surface area contributed by atoms with Gasteiger partial charge in [-0.15, -0.1) is 0 Å². The number of ether oxygens (including phenoxy) is 1. The minimum atomic E-state index is -0.375. The van der Waals surface area contributed by atoms with Crippen LogP contribution >= 0.6 is 0 Å². The molecule has 0 saturated carbocycles. The summed E-state index contributed by atoms with van der Waals surface area (Å²) in [5.74, 6) is 0.0742. The Morgan fingerprint density at radius 2 is 2.11 bits per heavy atom. The fraction of sp³-hybridized carbons (Fsp3) is 0.750. The molecule has 1 aliphatic rings. The maximum atomic E-state index is 11.4. The zero-order valence-corrected chi connectivity index (χ0v) is 12.6. The average molecular weight is 266 g/mol. The fourth-order valence-electron chi connectivity index (χ4n) is 2.92. The molecule has 1 heterocycles. The summed E-state index contributed by atoms with van der Waals surface area (Å²) < 4.78 is 4.58. The molecule has 3 heteroatoms. The van der Waals surface area contributed by atoms with Crippen LogP contribution < -0.4 is 0 Å². The second-order valence-electron chi connectivity index (χ2n) is 6.02. The first kappa shape index (κ1) is 15.9. The van der Waals surface area contributed by atoms with Crippen molar-refractivity contribution in [1.82, 2.24) is 0 Å². The summed E-state index contributed by atoms with van der Waals surface area (Å²) in [6.45, 7) is 8.74. The Hall–Kier alpha value is -1.12.